The Morgan fingerprint density at radius 2 is 2.20 bits per heavy atom. The molecule has 0 spiro atoms. The molecule has 0 aromatic heterocycles. The predicted molar refractivity (Wildman–Crippen MR) is 76.4 cm³/mol. The van der Waals surface area contributed by atoms with Crippen LogP contribution in [-0.4, -0.2) is 23.9 Å². The molecule has 1 aliphatic heterocycles. The highest BCUT2D eigenvalue weighted by Crippen LogP contribution is 2.16. The highest BCUT2D eigenvalue weighted by atomic mass is 19.1. The number of piperidine rings is 1. The van der Waals surface area contributed by atoms with Crippen LogP contribution in [0.25, 0.3) is 0 Å². The zero-order chi connectivity index (χ0) is 14.5. The summed E-state index contributed by atoms with van der Waals surface area (Å²) in [4.78, 5) is 6.28. The van der Waals surface area contributed by atoms with Gasteiger partial charge >= 0.3 is 0 Å². The van der Waals surface area contributed by atoms with E-state index in [1.165, 1.54) is 18.2 Å². The number of nitriles is 1. The van der Waals surface area contributed by atoms with Gasteiger partial charge in [0, 0.05) is 18.7 Å². The lowest BCUT2D eigenvalue weighted by molar-refractivity contribution is 0.277. The van der Waals surface area contributed by atoms with Crippen molar-refractivity contribution in [1.82, 2.24) is 4.90 Å². The first kappa shape index (κ1) is 14.3. The second-order valence-electron chi connectivity index (χ2n) is 5.26. The molecule has 20 heavy (non-hydrogen) atoms. The quantitative estimate of drug-likeness (QED) is 0.664. The summed E-state index contributed by atoms with van der Waals surface area (Å²) in [7, 11) is 0. The first-order chi connectivity index (χ1) is 9.60. The average Bonchev–Trinajstić information content (AvgIpc) is 2.47. The van der Waals surface area contributed by atoms with E-state index in [0.29, 0.717) is 17.1 Å². The van der Waals surface area contributed by atoms with Crippen LogP contribution in [-0.2, 0) is 6.54 Å². The van der Waals surface area contributed by atoms with Gasteiger partial charge in [0.1, 0.15) is 5.82 Å². The molecule has 4 nitrogen and oxygen atoms in total. The molecule has 1 aliphatic rings. The number of guanidine groups is 1. The molecular formula is C15H19FN4. The lowest BCUT2D eigenvalue weighted by Crippen LogP contribution is -2.42. The minimum atomic E-state index is -0.354. The monoisotopic (exact) mass is 274 g/mol. The van der Waals surface area contributed by atoms with Crippen LogP contribution in [0.4, 0.5) is 4.39 Å². The number of nitrogens with two attached hydrogens (primary N) is 1. The Morgan fingerprint density at radius 3 is 2.85 bits per heavy atom. The van der Waals surface area contributed by atoms with E-state index in [9.17, 15) is 4.39 Å². The predicted octanol–water partition coefficient (Wildman–Crippen LogP) is 2.24. The lowest BCUT2D eigenvalue weighted by atomic mass is 10.00. The van der Waals surface area contributed by atoms with E-state index >= 15 is 0 Å². The van der Waals surface area contributed by atoms with Gasteiger partial charge in [0.25, 0.3) is 0 Å². The van der Waals surface area contributed by atoms with Crippen molar-refractivity contribution in [3.05, 3.63) is 35.1 Å². The molecule has 2 rings (SSSR count). The van der Waals surface area contributed by atoms with E-state index in [4.69, 9.17) is 11.0 Å². The minimum absolute atomic E-state index is 0.166. The number of benzene rings is 1. The molecule has 0 bridgehead atoms. The van der Waals surface area contributed by atoms with Gasteiger partial charge < -0.3 is 10.6 Å². The van der Waals surface area contributed by atoms with Crippen molar-refractivity contribution in [1.29, 1.82) is 5.26 Å². The third-order valence-electron chi connectivity index (χ3n) is 3.69. The van der Waals surface area contributed by atoms with Crippen LogP contribution >= 0.6 is 0 Å². The molecule has 0 saturated carbocycles. The summed E-state index contributed by atoms with van der Waals surface area (Å²) in [5, 5.41) is 8.82. The Balaban J connectivity index is 2.03. The molecule has 0 unspecified atom stereocenters. The molecule has 1 aromatic rings. The van der Waals surface area contributed by atoms with Crippen molar-refractivity contribution >= 4 is 5.96 Å². The van der Waals surface area contributed by atoms with Crippen LogP contribution in [0.15, 0.2) is 23.2 Å². The highest BCUT2D eigenvalue weighted by molar-refractivity contribution is 5.78. The van der Waals surface area contributed by atoms with Gasteiger partial charge in [-0.2, -0.15) is 5.26 Å². The summed E-state index contributed by atoms with van der Waals surface area (Å²) in [5.41, 5.74) is 6.78. The van der Waals surface area contributed by atoms with Gasteiger partial charge in [-0.05, 0) is 37.0 Å². The smallest absolute Gasteiger partial charge is 0.191 e. The second-order valence-corrected chi connectivity index (χ2v) is 5.26. The summed E-state index contributed by atoms with van der Waals surface area (Å²) in [5.74, 6) is 0.829. The average molecular weight is 274 g/mol. The first-order valence-corrected chi connectivity index (χ1v) is 6.83. The Kier molecular flexibility index (Phi) is 4.57. The molecule has 0 atom stereocenters. The van der Waals surface area contributed by atoms with E-state index in [0.717, 1.165) is 31.8 Å². The van der Waals surface area contributed by atoms with Crippen LogP contribution in [0.5, 0.6) is 0 Å². The van der Waals surface area contributed by atoms with Crippen molar-refractivity contribution in [2.75, 3.05) is 13.1 Å². The highest BCUT2D eigenvalue weighted by Gasteiger charge is 2.17. The van der Waals surface area contributed by atoms with Gasteiger partial charge in [-0.3, -0.25) is 0 Å². The number of rotatable bonds is 2. The fraction of sp³-hybridized carbons (Fsp3) is 0.467. The summed E-state index contributed by atoms with van der Waals surface area (Å²) >= 11 is 0. The Hall–Kier alpha value is -2.09. The van der Waals surface area contributed by atoms with Gasteiger partial charge in [0.05, 0.1) is 18.2 Å². The van der Waals surface area contributed by atoms with Gasteiger partial charge in [0.2, 0.25) is 0 Å². The van der Waals surface area contributed by atoms with Crippen LogP contribution in [0, 0.1) is 23.1 Å². The maximum atomic E-state index is 13.6. The van der Waals surface area contributed by atoms with Crippen molar-refractivity contribution in [2.24, 2.45) is 16.6 Å². The molecule has 1 aromatic carbocycles. The largest absolute Gasteiger partial charge is 0.370 e. The summed E-state index contributed by atoms with van der Waals surface area (Å²) in [6, 6.07) is 6.26. The van der Waals surface area contributed by atoms with Crippen LogP contribution in [0.1, 0.15) is 30.9 Å². The Bertz CT molecular complexity index is 539. The minimum Gasteiger partial charge on any atom is -0.370 e. The number of hydrogen-bond donors (Lipinski definition) is 1. The van der Waals surface area contributed by atoms with Gasteiger partial charge in [-0.25, -0.2) is 9.38 Å². The van der Waals surface area contributed by atoms with Crippen molar-refractivity contribution in [3.8, 4) is 6.07 Å². The maximum absolute atomic E-state index is 13.6. The zero-order valence-corrected chi connectivity index (χ0v) is 11.6. The van der Waals surface area contributed by atoms with Gasteiger partial charge in [-0.15, -0.1) is 0 Å². The molecule has 1 heterocycles. The second kappa shape index (κ2) is 6.38. The van der Waals surface area contributed by atoms with Crippen molar-refractivity contribution in [3.63, 3.8) is 0 Å². The van der Waals surface area contributed by atoms with Gasteiger partial charge in [-0.1, -0.05) is 6.92 Å². The molecule has 1 saturated heterocycles. The van der Waals surface area contributed by atoms with Crippen LogP contribution in [0.3, 0.4) is 0 Å². The fourth-order valence-electron chi connectivity index (χ4n) is 2.27. The van der Waals surface area contributed by atoms with E-state index in [2.05, 4.69) is 11.9 Å². The summed E-state index contributed by atoms with van der Waals surface area (Å²) in [6.07, 6.45) is 2.21. The van der Waals surface area contributed by atoms with E-state index in [1.807, 2.05) is 11.0 Å². The lowest BCUT2D eigenvalue weighted by Gasteiger charge is -2.31. The topological polar surface area (TPSA) is 65.4 Å². The van der Waals surface area contributed by atoms with E-state index in [1.54, 1.807) is 0 Å². The Labute approximate surface area is 118 Å². The van der Waals surface area contributed by atoms with Crippen LogP contribution < -0.4 is 5.73 Å². The molecule has 5 heteroatoms. The molecule has 2 N–H and O–H groups in total. The number of halogens is 1. The van der Waals surface area contributed by atoms with Crippen LogP contribution in [0.2, 0.25) is 0 Å². The zero-order valence-electron chi connectivity index (χ0n) is 11.6. The van der Waals surface area contributed by atoms with E-state index in [-0.39, 0.29) is 12.4 Å². The normalized spacial score (nSPS) is 17.1. The van der Waals surface area contributed by atoms with E-state index < -0.39 is 0 Å². The third kappa shape index (κ3) is 3.47. The molecule has 1 fully saturated rings. The third-order valence-corrected chi connectivity index (χ3v) is 3.69. The summed E-state index contributed by atoms with van der Waals surface area (Å²) < 4.78 is 13.6. The number of aliphatic imine (C=N–C) groups is 1. The molecule has 0 amide bonds. The number of hydrogen-bond acceptors (Lipinski definition) is 2. The van der Waals surface area contributed by atoms with Crippen molar-refractivity contribution in [2.45, 2.75) is 26.3 Å². The standard InChI is InChI=1S/C15H19FN4/c1-11-4-6-20(7-5-11)15(18)19-10-13-8-12(9-17)2-3-14(13)16/h2-3,8,11H,4-7,10H2,1H3,(H2,18,19). The van der Waals surface area contributed by atoms with Crippen molar-refractivity contribution < 1.29 is 4.39 Å². The first-order valence-electron chi connectivity index (χ1n) is 6.83. The number of likely N-dealkylation sites (tertiary alicyclic amines) is 1. The maximum Gasteiger partial charge on any atom is 0.191 e. The van der Waals surface area contributed by atoms with Gasteiger partial charge in [0.15, 0.2) is 5.96 Å². The summed E-state index contributed by atoms with van der Waals surface area (Å²) in [6.45, 7) is 4.20. The molecular weight excluding hydrogens is 255 g/mol. The fourth-order valence-corrected chi connectivity index (χ4v) is 2.27. The number of nitrogens with zero attached hydrogens (tertiary/aromatic N) is 3. The molecule has 0 radical (unpaired) electrons. The molecule has 106 valence electrons. The Morgan fingerprint density at radius 1 is 1.50 bits per heavy atom. The SMILES string of the molecule is CC1CCN(C(N)=NCc2cc(C#N)ccc2F)CC1. The molecule has 0 aliphatic carbocycles.